The molecule has 6 nitrogen and oxygen atoms in total. The van der Waals surface area contributed by atoms with Crippen molar-refractivity contribution in [2.75, 3.05) is 19.6 Å². The van der Waals surface area contributed by atoms with Crippen LogP contribution in [-0.4, -0.2) is 51.6 Å². The largest absolute Gasteiger partial charge is 0.373 e. The number of nitrogens with one attached hydrogen (secondary N) is 2. The minimum atomic E-state index is -1.53. The van der Waals surface area contributed by atoms with Gasteiger partial charge in [0.25, 0.3) is 5.91 Å². The number of hydrogen-bond donors (Lipinski definition) is 3. The predicted octanol–water partition coefficient (Wildman–Crippen LogP) is 3.34. The summed E-state index contributed by atoms with van der Waals surface area (Å²) in [7, 11) is 0. The Kier molecular flexibility index (Phi) is 6.91. The molecule has 2 heterocycles. The van der Waals surface area contributed by atoms with Gasteiger partial charge in [0.1, 0.15) is 5.82 Å². The van der Waals surface area contributed by atoms with E-state index in [1.54, 1.807) is 12.4 Å². The van der Waals surface area contributed by atoms with E-state index in [0.29, 0.717) is 5.82 Å². The van der Waals surface area contributed by atoms with Gasteiger partial charge in [-0.05, 0) is 44.4 Å². The van der Waals surface area contributed by atoms with Crippen LogP contribution in [0.4, 0.5) is 0 Å². The van der Waals surface area contributed by atoms with Crippen molar-refractivity contribution in [1.82, 2.24) is 20.2 Å². The molecule has 0 spiro atoms. The van der Waals surface area contributed by atoms with Crippen LogP contribution in [0.2, 0.25) is 0 Å². The summed E-state index contributed by atoms with van der Waals surface area (Å²) in [6, 6.07) is 0.149. The first-order chi connectivity index (χ1) is 14.2. The second-order valence-corrected chi connectivity index (χ2v) is 9.59. The SMILES string of the molecule is O=C(NC1CCN(CC2CCCCCC2)CC1)C(O)(c1ncc[nH]1)C1CCCC1. The number of imidazole rings is 1. The monoisotopic (exact) mass is 402 g/mol. The average Bonchev–Trinajstić information content (AvgIpc) is 3.41. The van der Waals surface area contributed by atoms with Crippen molar-refractivity contribution in [2.24, 2.45) is 11.8 Å². The molecule has 1 amide bonds. The molecule has 29 heavy (non-hydrogen) atoms. The van der Waals surface area contributed by atoms with Gasteiger partial charge >= 0.3 is 0 Å². The van der Waals surface area contributed by atoms with Crippen molar-refractivity contribution < 1.29 is 9.90 Å². The molecule has 4 rings (SSSR count). The van der Waals surface area contributed by atoms with Crippen molar-refractivity contribution in [3.05, 3.63) is 18.2 Å². The van der Waals surface area contributed by atoms with Gasteiger partial charge in [0.15, 0.2) is 0 Å². The van der Waals surface area contributed by atoms with Crippen LogP contribution in [0.5, 0.6) is 0 Å². The summed E-state index contributed by atoms with van der Waals surface area (Å²) in [5, 5.41) is 14.6. The zero-order valence-electron chi connectivity index (χ0n) is 17.7. The van der Waals surface area contributed by atoms with Gasteiger partial charge in [-0.25, -0.2) is 4.98 Å². The van der Waals surface area contributed by atoms with Crippen molar-refractivity contribution in [3.63, 3.8) is 0 Å². The van der Waals surface area contributed by atoms with Crippen LogP contribution in [0.3, 0.4) is 0 Å². The lowest BCUT2D eigenvalue weighted by Crippen LogP contribution is -2.54. The summed E-state index contributed by atoms with van der Waals surface area (Å²) >= 11 is 0. The van der Waals surface area contributed by atoms with Crippen LogP contribution in [0, 0.1) is 11.8 Å². The molecule has 2 aliphatic carbocycles. The van der Waals surface area contributed by atoms with Crippen molar-refractivity contribution in [2.45, 2.75) is 88.7 Å². The molecular formula is C23H38N4O2. The highest BCUT2D eigenvalue weighted by Gasteiger charge is 2.49. The smallest absolute Gasteiger partial charge is 0.260 e. The number of aliphatic hydroxyl groups is 1. The number of rotatable bonds is 6. The second kappa shape index (κ2) is 9.61. The third-order valence-corrected chi connectivity index (χ3v) is 7.57. The zero-order chi connectivity index (χ0) is 20.1. The number of H-pyrrole nitrogens is 1. The highest BCUT2D eigenvalue weighted by Crippen LogP contribution is 2.39. The summed E-state index contributed by atoms with van der Waals surface area (Å²) in [5.74, 6) is 0.938. The molecule has 1 saturated heterocycles. The number of carbonyl (C=O) groups is 1. The summed E-state index contributed by atoms with van der Waals surface area (Å²) in [6.07, 6.45) is 17.5. The molecule has 1 aromatic rings. The molecule has 1 unspecified atom stereocenters. The second-order valence-electron chi connectivity index (χ2n) is 9.59. The Morgan fingerprint density at radius 1 is 1.07 bits per heavy atom. The zero-order valence-corrected chi connectivity index (χ0v) is 17.7. The summed E-state index contributed by atoms with van der Waals surface area (Å²) in [5.41, 5.74) is -1.53. The van der Waals surface area contributed by atoms with Crippen molar-refractivity contribution >= 4 is 5.91 Å². The minimum absolute atomic E-state index is 0.0519. The highest BCUT2D eigenvalue weighted by molar-refractivity contribution is 5.86. The molecule has 1 atom stereocenters. The Hall–Kier alpha value is -1.40. The molecule has 1 aromatic heterocycles. The topological polar surface area (TPSA) is 81.2 Å². The molecular weight excluding hydrogens is 364 g/mol. The first-order valence-electron chi connectivity index (χ1n) is 11.9. The molecule has 6 heteroatoms. The molecule has 2 saturated carbocycles. The van der Waals surface area contributed by atoms with Crippen LogP contribution in [0.1, 0.15) is 82.9 Å². The Balaban J connectivity index is 1.31. The summed E-state index contributed by atoms with van der Waals surface area (Å²) < 4.78 is 0. The third kappa shape index (κ3) is 4.85. The van der Waals surface area contributed by atoms with E-state index in [1.807, 2.05) is 0 Å². The third-order valence-electron chi connectivity index (χ3n) is 7.57. The fourth-order valence-electron chi connectivity index (χ4n) is 5.77. The Labute approximate surface area is 174 Å². The van der Waals surface area contributed by atoms with E-state index in [2.05, 4.69) is 20.2 Å². The van der Waals surface area contributed by atoms with Gasteiger partial charge in [0, 0.05) is 44.0 Å². The van der Waals surface area contributed by atoms with Crippen LogP contribution in [0.15, 0.2) is 12.4 Å². The van der Waals surface area contributed by atoms with E-state index in [1.165, 1.54) is 45.1 Å². The van der Waals surface area contributed by atoms with E-state index in [4.69, 9.17) is 0 Å². The van der Waals surface area contributed by atoms with Gasteiger partial charge in [-0.1, -0.05) is 38.5 Å². The Bertz CT molecular complexity index is 627. The molecule has 0 radical (unpaired) electrons. The predicted molar refractivity (Wildman–Crippen MR) is 113 cm³/mol. The first kappa shape index (κ1) is 20.9. The molecule has 1 aliphatic heterocycles. The normalized spacial score (nSPS) is 25.6. The first-order valence-corrected chi connectivity index (χ1v) is 11.9. The van der Waals surface area contributed by atoms with Crippen LogP contribution < -0.4 is 5.32 Å². The number of nitrogens with zero attached hydrogens (tertiary/aromatic N) is 2. The fourth-order valence-corrected chi connectivity index (χ4v) is 5.77. The molecule has 0 aromatic carbocycles. The average molecular weight is 403 g/mol. The van der Waals surface area contributed by atoms with Gasteiger partial charge in [-0.3, -0.25) is 4.79 Å². The molecule has 3 fully saturated rings. The van der Waals surface area contributed by atoms with Gasteiger partial charge < -0.3 is 20.3 Å². The van der Waals surface area contributed by atoms with E-state index < -0.39 is 5.60 Å². The number of hydrogen-bond acceptors (Lipinski definition) is 4. The fraction of sp³-hybridized carbons (Fsp3) is 0.826. The maximum atomic E-state index is 13.2. The van der Waals surface area contributed by atoms with E-state index in [9.17, 15) is 9.90 Å². The van der Waals surface area contributed by atoms with E-state index in [0.717, 1.165) is 57.5 Å². The number of likely N-dealkylation sites (tertiary alicyclic amines) is 1. The summed E-state index contributed by atoms with van der Waals surface area (Å²) in [6.45, 7) is 3.31. The number of amides is 1. The van der Waals surface area contributed by atoms with E-state index in [-0.39, 0.29) is 17.9 Å². The van der Waals surface area contributed by atoms with Gasteiger partial charge in [0.2, 0.25) is 5.60 Å². The standard InChI is InChI=1S/C23H38N4O2/c28-22(23(29,19-9-5-6-10-19)21-24-13-14-25-21)26-20-11-15-27(16-12-20)17-18-7-3-1-2-4-8-18/h13-14,18-20,29H,1-12,15-17H2,(H,24,25)(H,26,28). The maximum Gasteiger partial charge on any atom is 0.260 e. The molecule has 0 bridgehead atoms. The summed E-state index contributed by atoms with van der Waals surface area (Å²) in [4.78, 5) is 23.1. The highest BCUT2D eigenvalue weighted by atomic mass is 16.3. The number of piperidine rings is 1. The Morgan fingerprint density at radius 2 is 1.72 bits per heavy atom. The molecule has 3 N–H and O–H groups in total. The quantitative estimate of drug-likeness (QED) is 0.638. The lowest BCUT2D eigenvalue weighted by atomic mass is 9.83. The number of aromatic nitrogens is 2. The number of carbonyl (C=O) groups excluding carboxylic acids is 1. The maximum absolute atomic E-state index is 13.2. The van der Waals surface area contributed by atoms with Crippen LogP contribution in [-0.2, 0) is 10.4 Å². The van der Waals surface area contributed by atoms with E-state index >= 15 is 0 Å². The Morgan fingerprint density at radius 3 is 2.34 bits per heavy atom. The number of aromatic amines is 1. The molecule has 162 valence electrons. The van der Waals surface area contributed by atoms with Gasteiger partial charge in [0.05, 0.1) is 0 Å². The van der Waals surface area contributed by atoms with Crippen LogP contribution >= 0.6 is 0 Å². The van der Waals surface area contributed by atoms with Gasteiger partial charge in [-0.2, -0.15) is 0 Å². The lowest BCUT2D eigenvalue weighted by Gasteiger charge is -2.37. The van der Waals surface area contributed by atoms with Crippen molar-refractivity contribution in [1.29, 1.82) is 0 Å². The molecule has 3 aliphatic rings. The van der Waals surface area contributed by atoms with Gasteiger partial charge in [-0.15, -0.1) is 0 Å². The van der Waals surface area contributed by atoms with Crippen molar-refractivity contribution in [3.8, 4) is 0 Å². The minimum Gasteiger partial charge on any atom is -0.373 e. The lowest BCUT2D eigenvalue weighted by molar-refractivity contribution is -0.149. The van der Waals surface area contributed by atoms with Crippen LogP contribution in [0.25, 0.3) is 0 Å².